The van der Waals surface area contributed by atoms with Crippen LogP contribution in [0.3, 0.4) is 0 Å². The topological polar surface area (TPSA) is 37.4 Å². The second kappa shape index (κ2) is 13.4. The highest BCUT2D eigenvalue weighted by atomic mass is 32.2. The first-order chi connectivity index (χ1) is 13.5. The van der Waals surface area contributed by atoms with Crippen LogP contribution >= 0.6 is 0 Å². The van der Waals surface area contributed by atoms with Gasteiger partial charge in [0.25, 0.3) is 0 Å². The molecular weight excluding hydrogens is 366 g/mol. The summed E-state index contributed by atoms with van der Waals surface area (Å²) in [5.74, 6) is 6.19. The second-order valence-corrected chi connectivity index (χ2v) is 9.00. The third-order valence-electron chi connectivity index (χ3n) is 4.68. The first kappa shape index (κ1) is 24.2. The predicted molar refractivity (Wildman–Crippen MR) is 119 cm³/mol. The summed E-state index contributed by atoms with van der Waals surface area (Å²) in [5, 5.41) is 0. The van der Waals surface area contributed by atoms with Gasteiger partial charge in [-0.2, -0.15) is 4.31 Å². The molecule has 0 spiro atoms. The predicted octanol–water partition coefficient (Wildman–Crippen LogP) is 5.86. The molecule has 4 heteroatoms. The number of aryl methyl sites for hydroxylation is 1. The van der Waals surface area contributed by atoms with Crippen LogP contribution in [0, 0.1) is 18.8 Å². The van der Waals surface area contributed by atoms with Crippen LogP contribution < -0.4 is 0 Å². The van der Waals surface area contributed by atoms with E-state index in [0.29, 0.717) is 4.90 Å². The van der Waals surface area contributed by atoms with Gasteiger partial charge in [-0.3, -0.25) is 0 Å². The fraction of sp³-hybridized carbons (Fsp3) is 0.542. The van der Waals surface area contributed by atoms with Gasteiger partial charge in [0, 0.05) is 6.42 Å². The van der Waals surface area contributed by atoms with Crippen molar-refractivity contribution in [3.8, 4) is 11.8 Å². The molecule has 0 aromatic heterocycles. The van der Waals surface area contributed by atoms with E-state index >= 15 is 0 Å². The molecule has 1 aromatic carbocycles. The van der Waals surface area contributed by atoms with Crippen molar-refractivity contribution in [2.24, 2.45) is 0 Å². The van der Waals surface area contributed by atoms with Crippen molar-refractivity contribution in [1.29, 1.82) is 0 Å². The molecule has 3 nitrogen and oxygen atoms in total. The first-order valence-corrected chi connectivity index (χ1v) is 11.8. The maximum atomic E-state index is 13.4. The van der Waals surface area contributed by atoms with Gasteiger partial charge in [0.2, 0.25) is 10.0 Å². The van der Waals surface area contributed by atoms with Gasteiger partial charge in [0.05, 0.1) is 17.5 Å². The Morgan fingerprint density at radius 1 is 1.04 bits per heavy atom. The molecule has 0 aliphatic carbocycles. The normalized spacial score (nSPS) is 12.1. The lowest BCUT2D eigenvalue weighted by Gasteiger charge is -2.27. The molecule has 0 saturated carbocycles. The third kappa shape index (κ3) is 8.07. The van der Waals surface area contributed by atoms with Crippen LogP contribution in [0.2, 0.25) is 0 Å². The summed E-state index contributed by atoms with van der Waals surface area (Å²) in [4.78, 5) is 0.310. The molecule has 1 rings (SSSR count). The van der Waals surface area contributed by atoms with Crippen LogP contribution in [-0.2, 0) is 10.0 Å². The number of hydrogen-bond donors (Lipinski definition) is 0. The first-order valence-electron chi connectivity index (χ1n) is 10.4. The zero-order valence-electron chi connectivity index (χ0n) is 17.7. The van der Waals surface area contributed by atoms with E-state index in [1.54, 1.807) is 18.2 Å². The maximum Gasteiger partial charge on any atom is 0.244 e. The number of rotatable bonds is 12. The zero-order chi connectivity index (χ0) is 20.8. The highest BCUT2D eigenvalue weighted by Crippen LogP contribution is 2.22. The lowest BCUT2D eigenvalue weighted by Crippen LogP contribution is -2.39. The van der Waals surface area contributed by atoms with Crippen molar-refractivity contribution in [3.05, 3.63) is 48.2 Å². The fourth-order valence-electron chi connectivity index (χ4n) is 2.94. The van der Waals surface area contributed by atoms with E-state index in [2.05, 4.69) is 38.0 Å². The summed E-state index contributed by atoms with van der Waals surface area (Å²) >= 11 is 0. The maximum absolute atomic E-state index is 13.4. The van der Waals surface area contributed by atoms with E-state index in [-0.39, 0.29) is 12.6 Å². The summed E-state index contributed by atoms with van der Waals surface area (Å²) in [5.41, 5.74) is 3.84. The van der Waals surface area contributed by atoms with Crippen LogP contribution in [-0.4, -0.2) is 25.3 Å². The summed E-state index contributed by atoms with van der Waals surface area (Å²) in [6.45, 7) is 10.1. The number of unbranched alkanes of at least 4 members (excludes halogenated alkanes) is 5. The smallest absolute Gasteiger partial charge is 0.207 e. The average molecular weight is 402 g/mol. The Balaban J connectivity index is 3.14. The minimum Gasteiger partial charge on any atom is -0.207 e. The lowest BCUT2D eigenvalue weighted by atomic mass is 10.1. The molecule has 154 valence electrons. The number of benzene rings is 1. The van der Waals surface area contributed by atoms with Crippen LogP contribution in [0.5, 0.6) is 0 Å². The highest BCUT2D eigenvalue weighted by Gasteiger charge is 2.29. The summed E-state index contributed by atoms with van der Waals surface area (Å²) in [6.07, 6.45) is 9.81. The summed E-state index contributed by atoms with van der Waals surface area (Å²) in [6, 6.07) is 6.73. The molecule has 0 bridgehead atoms. The van der Waals surface area contributed by atoms with Gasteiger partial charge < -0.3 is 0 Å². The van der Waals surface area contributed by atoms with Gasteiger partial charge in [0.1, 0.15) is 0 Å². The number of sulfonamides is 1. The minimum absolute atomic E-state index is 0.191. The summed E-state index contributed by atoms with van der Waals surface area (Å²) < 4.78 is 28.2. The zero-order valence-corrected chi connectivity index (χ0v) is 18.5. The van der Waals surface area contributed by atoms with Crippen molar-refractivity contribution in [3.63, 3.8) is 0 Å². The molecular formula is C24H35NO2S. The molecule has 0 unspecified atom stereocenters. The molecule has 1 atom stereocenters. The van der Waals surface area contributed by atoms with Gasteiger partial charge >= 0.3 is 0 Å². The molecule has 0 amide bonds. The SMILES string of the molecule is C=C=C[C@H](CCCCCC)N(CC#CCCCC)S(=O)(=O)c1ccc(C)cc1. The quantitative estimate of drug-likeness (QED) is 0.250. The van der Waals surface area contributed by atoms with Gasteiger partial charge in [-0.25, -0.2) is 8.42 Å². The lowest BCUT2D eigenvalue weighted by molar-refractivity contribution is 0.368. The van der Waals surface area contributed by atoms with Crippen molar-refractivity contribution in [2.45, 2.75) is 83.1 Å². The van der Waals surface area contributed by atoms with Gasteiger partial charge in [-0.15, -0.1) is 11.7 Å². The molecule has 28 heavy (non-hydrogen) atoms. The van der Waals surface area contributed by atoms with Crippen molar-refractivity contribution in [1.82, 2.24) is 4.31 Å². The van der Waals surface area contributed by atoms with E-state index in [9.17, 15) is 8.42 Å². The standard InChI is InChI=1S/C24H35NO2S/c1-5-8-10-12-14-21-25(23(15-7-3)16-13-11-9-6-2)28(26,27)24-19-17-22(4)18-20-24/h15,17-20,23H,3,5-6,8-11,13,16,21H2,1-2,4H3/t23-/m1/s1. The Kier molecular flexibility index (Phi) is 11.6. The third-order valence-corrected chi connectivity index (χ3v) is 6.56. The van der Waals surface area contributed by atoms with E-state index < -0.39 is 10.0 Å². The van der Waals surface area contributed by atoms with Gasteiger partial charge in [-0.1, -0.05) is 76.1 Å². The van der Waals surface area contributed by atoms with Crippen molar-refractivity contribution in [2.75, 3.05) is 6.54 Å². The average Bonchev–Trinajstić information content (AvgIpc) is 2.67. The summed E-state index contributed by atoms with van der Waals surface area (Å²) in [7, 11) is -3.64. The van der Waals surface area contributed by atoms with Crippen molar-refractivity contribution >= 4 is 10.0 Å². The molecule has 0 fully saturated rings. The molecule has 1 aromatic rings. The molecule has 0 heterocycles. The molecule has 0 radical (unpaired) electrons. The number of nitrogens with zero attached hydrogens (tertiary/aromatic N) is 1. The van der Waals surface area contributed by atoms with Crippen LogP contribution in [0.15, 0.2) is 47.5 Å². The Labute approximate surface area is 172 Å². The Morgan fingerprint density at radius 3 is 2.32 bits per heavy atom. The minimum atomic E-state index is -3.64. The van der Waals surface area contributed by atoms with Crippen LogP contribution in [0.4, 0.5) is 0 Å². The van der Waals surface area contributed by atoms with E-state index in [0.717, 1.165) is 56.9 Å². The highest BCUT2D eigenvalue weighted by molar-refractivity contribution is 7.89. The van der Waals surface area contributed by atoms with E-state index in [1.807, 2.05) is 19.1 Å². The Hall–Kier alpha value is -1.79. The second-order valence-electron chi connectivity index (χ2n) is 7.11. The van der Waals surface area contributed by atoms with Crippen LogP contribution in [0.1, 0.15) is 70.8 Å². The Bertz CT molecular complexity index is 778. The van der Waals surface area contributed by atoms with Crippen molar-refractivity contribution < 1.29 is 8.42 Å². The molecule has 0 aliphatic rings. The largest absolute Gasteiger partial charge is 0.244 e. The molecule has 0 N–H and O–H groups in total. The van der Waals surface area contributed by atoms with Crippen LogP contribution in [0.25, 0.3) is 0 Å². The number of hydrogen-bond acceptors (Lipinski definition) is 2. The van der Waals surface area contributed by atoms with Gasteiger partial charge in [-0.05, 0) is 38.0 Å². The Morgan fingerprint density at radius 2 is 1.71 bits per heavy atom. The van der Waals surface area contributed by atoms with Gasteiger partial charge in [0.15, 0.2) is 0 Å². The fourth-order valence-corrected chi connectivity index (χ4v) is 4.45. The molecule has 0 aliphatic heterocycles. The monoisotopic (exact) mass is 401 g/mol. The molecule has 0 saturated heterocycles. The van der Waals surface area contributed by atoms with E-state index in [4.69, 9.17) is 0 Å². The van der Waals surface area contributed by atoms with E-state index in [1.165, 1.54) is 4.31 Å².